The van der Waals surface area contributed by atoms with Gasteiger partial charge in [0.2, 0.25) is 0 Å². The molecule has 0 radical (unpaired) electrons. The van der Waals surface area contributed by atoms with Crippen molar-refractivity contribution in [3.63, 3.8) is 0 Å². The van der Waals surface area contributed by atoms with Gasteiger partial charge in [0, 0.05) is 6.04 Å². The lowest BCUT2D eigenvalue weighted by atomic mass is 9.92. The molecule has 1 saturated carbocycles. The molecule has 0 amide bonds. The van der Waals surface area contributed by atoms with Crippen LogP contribution in [0.3, 0.4) is 0 Å². The van der Waals surface area contributed by atoms with Gasteiger partial charge < -0.3 is 10.2 Å². The summed E-state index contributed by atoms with van der Waals surface area (Å²) in [5.74, 6) is 0. The summed E-state index contributed by atoms with van der Waals surface area (Å²) in [5.41, 5.74) is 0. The van der Waals surface area contributed by atoms with Gasteiger partial charge in [-0.15, -0.1) is 0 Å². The summed E-state index contributed by atoms with van der Waals surface area (Å²) < 4.78 is 0. The van der Waals surface area contributed by atoms with E-state index in [-0.39, 0.29) is 6.04 Å². The molecule has 0 spiro atoms. The van der Waals surface area contributed by atoms with Crippen molar-refractivity contribution in [3.05, 3.63) is 0 Å². The van der Waals surface area contributed by atoms with E-state index in [1.54, 1.807) is 13.8 Å². The zero-order valence-corrected chi connectivity index (χ0v) is 10.2. The smallest absolute Gasteiger partial charge is 0.0692 e. The second-order valence-electron chi connectivity index (χ2n) is 4.93. The van der Waals surface area contributed by atoms with Gasteiger partial charge in [-0.1, -0.05) is 19.3 Å². The summed E-state index contributed by atoms with van der Waals surface area (Å²) in [6.45, 7) is 3.52. The first-order valence-corrected chi connectivity index (χ1v) is 6.12. The van der Waals surface area contributed by atoms with Crippen molar-refractivity contribution in [2.24, 2.45) is 0 Å². The molecule has 0 saturated heterocycles. The Kier molecular flexibility index (Phi) is 5.03. The largest absolute Gasteiger partial charge is 0.392 e. The molecule has 0 heterocycles. The van der Waals surface area contributed by atoms with Gasteiger partial charge in [-0.25, -0.2) is 0 Å². The van der Waals surface area contributed by atoms with Crippen LogP contribution >= 0.6 is 0 Å². The number of aliphatic hydroxyl groups excluding tert-OH is 2. The number of rotatable bonds is 4. The molecular formula is C12H25NO2. The van der Waals surface area contributed by atoms with Gasteiger partial charge in [0.15, 0.2) is 0 Å². The Labute approximate surface area is 93.1 Å². The van der Waals surface area contributed by atoms with Crippen molar-refractivity contribution in [3.8, 4) is 0 Å². The van der Waals surface area contributed by atoms with E-state index in [0.29, 0.717) is 6.04 Å². The number of hydrogen-bond donors (Lipinski definition) is 2. The fourth-order valence-corrected chi connectivity index (χ4v) is 2.82. The number of aliphatic hydroxyl groups is 2. The molecule has 2 N–H and O–H groups in total. The van der Waals surface area contributed by atoms with Crippen LogP contribution in [-0.2, 0) is 0 Å². The van der Waals surface area contributed by atoms with Crippen molar-refractivity contribution in [2.45, 2.75) is 70.2 Å². The van der Waals surface area contributed by atoms with E-state index in [4.69, 9.17) is 0 Å². The maximum Gasteiger partial charge on any atom is 0.0692 e. The summed E-state index contributed by atoms with van der Waals surface area (Å²) in [5, 5.41) is 19.4. The summed E-state index contributed by atoms with van der Waals surface area (Å²) >= 11 is 0. The summed E-state index contributed by atoms with van der Waals surface area (Å²) in [7, 11) is 2.03. The first-order chi connectivity index (χ1) is 7.04. The van der Waals surface area contributed by atoms with Crippen LogP contribution in [0.4, 0.5) is 0 Å². The molecule has 3 heteroatoms. The topological polar surface area (TPSA) is 43.7 Å². The molecule has 1 aliphatic rings. The molecule has 0 bridgehead atoms. The molecule has 2 atom stereocenters. The van der Waals surface area contributed by atoms with Crippen LogP contribution < -0.4 is 0 Å². The molecule has 0 aliphatic heterocycles. The molecule has 15 heavy (non-hydrogen) atoms. The van der Waals surface area contributed by atoms with E-state index in [1.165, 1.54) is 32.1 Å². The van der Waals surface area contributed by atoms with Crippen molar-refractivity contribution in [2.75, 3.05) is 7.05 Å². The second kappa shape index (κ2) is 5.83. The molecule has 3 nitrogen and oxygen atoms in total. The van der Waals surface area contributed by atoms with Crippen LogP contribution in [0, 0.1) is 0 Å². The van der Waals surface area contributed by atoms with E-state index in [9.17, 15) is 10.2 Å². The van der Waals surface area contributed by atoms with Crippen LogP contribution in [0.1, 0.15) is 46.0 Å². The molecule has 2 unspecified atom stereocenters. The minimum absolute atomic E-state index is 0.131. The molecule has 0 aromatic rings. The predicted octanol–water partition coefficient (Wildman–Crippen LogP) is 1.38. The predicted molar refractivity (Wildman–Crippen MR) is 61.8 cm³/mol. The first-order valence-electron chi connectivity index (χ1n) is 6.12. The van der Waals surface area contributed by atoms with Crippen LogP contribution in [0.15, 0.2) is 0 Å². The molecule has 90 valence electrons. The molecule has 0 aromatic carbocycles. The van der Waals surface area contributed by atoms with E-state index in [2.05, 4.69) is 4.90 Å². The monoisotopic (exact) mass is 215 g/mol. The Balaban J connectivity index is 2.57. The van der Waals surface area contributed by atoms with E-state index < -0.39 is 12.2 Å². The van der Waals surface area contributed by atoms with Crippen molar-refractivity contribution in [1.29, 1.82) is 0 Å². The van der Waals surface area contributed by atoms with E-state index >= 15 is 0 Å². The lowest BCUT2D eigenvalue weighted by Gasteiger charge is -2.39. The maximum absolute atomic E-state index is 9.68. The Bertz CT molecular complexity index is 168. The lowest BCUT2D eigenvalue weighted by molar-refractivity contribution is -0.0259. The molecule has 0 aromatic heterocycles. The highest BCUT2D eigenvalue weighted by atomic mass is 16.3. The number of nitrogens with zero attached hydrogens (tertiary/aromatic N) is 1. The van der Waals surface area contributed by atoms with Crippen molar-refractivity contribution in [1.82, 2.24) is 4.90 Å². The van der Waals surface area contributed by atoms with Gasteiger partial charge in [0.25, 0.3) is 0 Å². The fourth-order valence-electron chi connectivity index (χ4n) is 2.82. The van der Waals surface area contributed by atoms with Crippen LogP contribution in [0.5, 0.6) is 0 Å². The highest BCUT2D eigenvalue weighted by Gasteiger charge is 2.30. The number of hydrogen-bond acceptors (Lipinski definition) is 3. The van der Waals surface area contributed by atoms with Crippen LogP contribution in [0.2, 0.25) is 0 Å². The molecule has 1 rings (SSSR count). The number of likely N-dealkylation sites (N-methyl/N-ethyl adjacent to an activating group) is 1. The van der Waals surface area contributed by atoms with E-state index in [0.717, 1.165) is 0 Å². The average molecular weight is 215 g/mol. The summed E-state index contributed by atoms with van der Waals surface area (Å²) in [6, 6.07) is 0.404. The van der Waals surface area contributed by atoms with Gasteiger partial charge in [-0.05, 0) is 33.7 Å². The van der Waals surface area contributed by atoms with Gasteiger partial charge >= 0.3 is 0 Å². The molecular weight excluding hydrogens is 190 g/mol. The van der Waals surface area contributed by atoms with Crippen LogP contribution in [0.25, 0.3) is 0 Å². The maximum atomic E-state index is 9.68. The van der Waals surface area contributed by atoms with Gasteiger partial charge in [0.05, 0.1) is 18.2 Å². The van der Waals surface area contributed by atoms with E-state index in [1.807, 2.05) is 7.05 Å². The zero-order chi connectivity index (χ0) is 11.4. The highest BCUT2D eigenvalue weighted by molar-refractivity contribution is 4.85. The SMILES string of the molecule is CC(O)C(C(C)O)N(C)C1CCCCC1. The minimum Gasteiger partial charge on any atom is -0.392 e. The van der Waals surface area contributed by atoms with Crippen molar-refractivity contribution >= 4 is 0 Å². The lowest BCUT2D eigenvalue weighted by Crippen LogP contribution is -2.51. The third-order valence-corrected chi connectivity index (χ3v) is 3.61. The average Bonchev–Trinajstić information content (AvgIpc) is 2.18. The minimum atomic E-state index is -0.475. The molecule has 1 fully saturated rings. The summed E-state index contributed by atoms with van der Waals surface area (Å²) in [6.07, 6.45) is 5.34. The highest BCUT2D eigenvalue weighted by Crippen LogP contribution is 2.24. The third kappa shape index (κ3) is 3.44. The fraction of sp³-hybridized carbons (Fsp3) is 1.00. The first kappa shape index (κ1) is 12.9. The van der Waals surface area contributed by atoms with Gasteiger partial charge in [-0.2, -0.15) is 0 Å². The molecule has 1 aliphatic carbocycles. The second-order valence-corrected chi connectivity index (χ2v) is 4.93. The Morgan fingerprint density at radius 1 is 1.00 bits per heavy atom. The van der Waals surface area contributed by atoms with Gasteiger partial charge in [0.1, 0.15) is 0 Å². The van der Waals surface area contributed by atoms with Gasteiger partial charge in [-0.3, -0.25) is 4.90 Å². The Morgan fingerprint density at radius 2 is 1.47 bits per heavy atom. The van der Waals surface area contributed by atoms with Crippen LogP contribution in [-0.4, -0.2) is 46.5 Å². The quantitative estimate of drug-likeness (QED) is 0.744. The normalized spacial score (nSPS) is 25.2. The Morgan fingerprint density at radius 3 is 1.87 bits per heavy atom. The Hall–Kier alpha value is -0.120. The third-order valence-electron chi connectivity index (χ3n) is 3.61. The summed E-state index contributed by atoms with van der Waals surface area (Å²) in [4.78, 5) is 2.18. The standard InChI is InChI=1S/C12H25NO2/c1-9(14)12(10(2)15)13(3)11-7-5-4-6-8-11/h9-12,14-15H,4-8H2,1-3H3. The van der Waals surface area contributed by atoms with Crippen molar-refractivity contribution < 1.29 is 10.2 Å². The zero-order valence-electron chi connectivity index (χ0n) is 10.2.